The van der Waals surface area contributed by atoms with Gasteiger partial charge in [-0.3, -0.25) is 10.1 Å². The predicted molar refractivity (Wildman–Crippen MR) is 82.9 cm³/mol. The maximum absolute atomic E-state index is 10.9. The molecular weight excluding hydrogens is 322 g/mol. The number of nitrogens with one attached hydrogen (secondary N) is 1. The summed E-state index contributed by atoms with van der Waals surface area (Å²) in [5, 5.41) is 14.3. The molecule has 110 valence electrons. The predicted octanol–water partition coefficient (Wildman–Crippen LogP) is 4.30. The van der Waals surface area contributed by atoms with E-state index in [2.05, 4.69) is 40.1 Å². The fraction of sp³-hybridized carbons (Fsp3) is 0.643. The molecule has 5 nitrogen and oxygen atoms in total. The van der Waals surface area contributed by atoms with E-state index in [4.69, 9.17) is 0 Å². The zero-order valence-corrected chi connectivity index (χ0v) is 13.6. The minimum atomic E-state index is -0.401. The first-order valence-corrected chi connectivity index (χ1v) is 7.75. The van der Waals surface area contributed by atoms with Gasteiger partial charge in [0.05, 0.1) is 9.40 Å². The third-order valence-corrected chi connectivity index (χ3v) is 5.16. The summed E-state index contributed by atoms with van der Waals surface area (Å²) in [6, 6.07) is 0.385. The fourth-order valence-corrected chi connectivity index (χ4v) is 3.33. The Labute approximate surface area is 127 Å². The van der Waals surface area contributed by atoms with Gasteiger partial charge in [-0.2, -0.15) is 0 Å². The van der Waals surface area contributed by atoms with Crippen LogP contribution >= 0.6 is 15.9 Å². The summed E-state index contributed by atoms with van der Waals surface area (Å²) in [6.45, 7) is 6.28. The van der Waals surface area contributed by atoms with Crippen molar-refractivity contribution in [2.45, 2.75) is 46.1 Å². The zero-order valence-electron chi connectivity index (χ0n) is 12.0. The first-order chi connectivity index (χ1) is 9.40. The molecule has 3 unspecified atom stereocenters. The van der Waals surface area contributed by atoms with E-state index in [0.717, 1.165) is 12.3 Å². The Morgan fingerprint density at radius 3 is 2.75 bits per heavy atom. The van der Waals surface area contributed by atoms with Gasteiger partial charge in [0.25, 0.3) is 5.69 Å². The highest BCUT2D eigenvalue weighted by Crippen LogP contribution is 2.34. The van der Waals surface area contributed by atoms with E-state index in [9.17, 15) is 10.1 Å². The number of hydrogen-bond donors (Lipinski definition) is 1. The fourth-order valence-electron chi connectivity index (χ4n) is 2.91. The molecule has 1 N–H and O–H groups in total. The number of pyridine rings is 1. The molecule has 0 aliphatic heterocycles. The highest BCUT2D eigenvalue weighted by Gasteiger charge is 2.27. The van der Waals surface area contributed by atoms with Crippen LogP contribution in [-0.2, 0) is 0 Å². The van der Waals surface area contributed by atoms with Crippen molar-refractivity contribution in [1.29, 1.82) is 0 Å². The number of anilines is 1. The second-order valence-electron chi connectivity index (χ2n) is 5.83. The van der Waals surface area contributed by atoms with Crippen LogP contribution in [0.25, 0.3) is 0 Å². The van der Waals surface area contributed by atoms with Gasteiger partial charge in [-0.1, -0.05) is 13.8 Å². The van der Waals surface area contributed by atoms with Crippen molar-refractivity contribution in [2.75, 3.05) is 5.32 Å². The Hall–Kier alpha value is -1.17. The van der Waals surface area contributed by atoms with E-state index >= 15 is 0 Å². The highest BCUT2D eigenvalue weighted by atomic mass is 79.9. The summed E-state index contributed by atoms with van der Waals surface area (Å²) in [7, 11) is 0. The number of rotatable bonds is 3. The maximum Gasteiger partial charge on any atom is 0.291 e. The van der Waals surface area contributed by atoms with Gasteiger partial charge in [0.15, 0.2) is 0 Å². The second-order valence-corrected chi connectivity index (χ2v) is 6.63. The van der Waals surface area contributed by atoms with Crippen LogP contribution in [0.4, 0.5) is 11.5 Å². The van der Waals surface area contributed by atoms with Crippen LogP contribution in [0.3, 0.4) is 0 Å². The van der Waals surface area contributed by atoms with Gasteiger partial charge < -0.3 is 5.32 Å². The van der Waals surface area contributed by atoms with Crippen molar-refractivity contribution in [2.24, 2.45) is 11.8 Å². The van der Waals surface area contributed by atoms with Crippen LogP contribution in [0.15, 0.2) is 10.7 Å². The van der Waals surface area contributed by atoms with Gasteiger partial charge in [0, 0.05) is 11.6 Å². The molecule has 2 rings (SSSR count). The average molecular weight is 342 g/mol. The maximum atomic E-state index is 10.9. The van der Waals surface area contributed by atoms with E-state index in [-0.39, 0.29) is 5.69 Å². The number of aromatic nitrogens is 1. The van der Waals surface area contributed by atoms with Gasteiger partial charge >= 0.3 is 0 Å². The van der Waals surface area contributed by atoms with Crippen molar-refractivity contribution >= 4 is 27.4 Å². The lowest BCUT2D eigenvalue weighted by Gasteiger charge is -2.33. The van der Waals surface area contributed by atoms with Crippen molar-refractivity contribution in [3.8, 4) is 0 Å². The van der Waals surface area contributed by atoms with E-state index in [1.54, 1.807) is 6.92 Å². The monoisotopic (exact) mass is 341 g/mol. The van der Waals surface area contributed by atoms with Gasteiger partial charge in [-0.15, -0.1) is 0 Å². The molecule has 1 heterocycles. The standard InChI is InChI=1S/C14H20BrN3O2/c1-8-4-5-11(9(2)6-8)17-14-13(15)10(3)12(7-16-14)18(19)20/h7-9,11H,4-6H2,1-3H3,(H,16,17). The number of nitrogens with zero attached hydrogens (tertiary/aromatic N) is 2. The molecule has 0 aromatic carbocycles. The Kier molecular flexibility index (Phi) is 4.62. The van der Waals surface area contributed by atoms with E-state index in [0.29, 0.717) is 27.8 Å². The molecule has 3 atom stereocenters. The molecule has 1 fully saturated rings. The smallest absolute Gasteiger partial charge is 0.291 e. The average Bonchev–Trinajstić information content (AvgIpc) is 2.37. The molecule has 0 amide bonds. The van der Waals surface area contributed by atoms with Crippen molar-refractivity contribution in [1.82, 2.24) is 4.98 Å². The Morgan fingerprint density at radius 2 is 2.15 bits per heavy atom. The molecule has 1 aliphatic rings. The zero-order chi connectivity index (χ0) is 14.9. The normalized spacial score (nSPS) is 26.3. The van der Waals surface area contributed by atoms with Crippen LogP contribution in [0, 0.1) is 28.9 Å². The molecule has 0 bridgehead atoms. The molecule has 0 radical (unpaired) electrons. The van der Waals surface area contributed by atoms with Gasteiger partial charge in [-0.25, -0.2) is 4.98 Å². The van der Waals surface area contributed by atoms with Crippen molar-refractivity contribution in [3.63, 3.8) is 0 Å². The first kappa shape index (κ1) is 15.2. The lowest BCUT2D eigenvalue weighted by Crippen LogP contribution is -2.33. The summed E-state index contributed by atoms with van der Waals surface area (Å²) < 4.78 is 0.692. The summed E-state index contributed by atoms with van der Waals surface area (Å²) in [6.07, 6.45) is 4.87. The summed E-state index contributed by atoms with van der Waals surface area (Å²) in [5.41, 5.74) is 0.664. The summed E-state index contributed by atoms with van der Waals surface area (Å²) in [4.78, 5) is 14.7. The molecular formula is C14H20BrN3O2. The summed E-state index contributed by atoms with van der Waals surface area (Å²) >= 11 is 3.43. The largest absolute Gasteiger partial charge is 0.366 e. The minimum Gasteiger partial charge on any atom is -0.366 e. The number of nitro groups is 1. The summed E-state index contributed by atoms with van der Waals surface area (Å²) in [5.74, 6) is 2.07. The molecule has 0 spiro atoms. The van der Waals surface area contributed by atoms with Crippen molar-refractivity contribution < 1.29 is 4.92 Å². The molecule has 1 aliphatic carbocycles. The topological polar surface area (TPSA) is 68.1 Å². The highest BCUT2D eigenvalue weighted by molar-refractivity contribution is 9.10. The lowest BCUT2D eigenvalue weighted by molar-refractivity contribution is -0.385. The third kappa shape index (κ3) is 3.11. The minimum absolute atomic E-state index is 0.0488. The third-order valence-electron chi connectivity index (χ3n) is 4.19. The Morgan fingerprint density at radius 1 is 1.45 bits per heavy atom. The molecule has 0 saturated heterocycles. The first-order valence-electron chi connectivity index (χ1n) is 6.96. The SMILES string of the molecule is Cc1c([N+](=O)[O-])cnc(NC2CCC(C)CC2C)c1Br. The van der Waals surface area contributed by atoms with Crippen molar-refractivity contribution in [3.05, 3.63) is 26.3 Å². The molecule has 6 heteroatoms. The van der Waals surface area contributed by atoms with Crippen LogP contribution in [0.2, 0.25) is 0 Å². The van der Waals surface area contributed by atoms with Gasteiger partial charge in [0.1, 0.15) is 12.0 Å². The van der Waals surface area contributed by atoms with E-state index < -0.39 is 4.92 Å². The Bertz CT molecular complexity index is 521. The molecule has 1 saturated carbocycles. The van der Waals surface area contributed by atoms with Gasteiger partial charge in [0.2, 0.25) is 0 Å². The second kappa shape index (κ2) is 6.08. The van der Waals surface area contributed by atoms with E-state index in [1.807, 2.05) is 0 Å². The molecule has 1 aromatic heterocycles. The molecule has 20 heavy (non-hydrogen) atoms. The quantitative estimate of drug-likeness (QED) is 0.657. The molecule has 1 aromatic rings. The Balaban J connectivity index is 2.18. The van der Waals surface area contributed by atoms with Crippen LogP contribution in [-0.4, -0.2) is 15.9 Å². The van der Waals surface area contributed by atoms with Crippen LogP contribution in [0.5, 0.6) is 0 Å². The van der Waals surface area contributed by atoms with Crippen LogP contribution < -0.4 is 5.32 Å². The number of halogens is 1. The number of hydrogen-bond acceptors (Lipinski definition) is 4. The van der Waals surface area contributed by atoms with Gasteiger partial charge in [-0.05, 0) is 54.0 Å². The van der Waals surface area contributed by atoms with Crippen LogP contribution in [0.1, 0.15) is 38.7 Å². The lowest BCUT2D eigenvalue weighted by atomic mass is 9.80. The van der Waals surface area contributed by atoms with E-state index in [1.165, 1.54) is 19.0 Å².